The van der Waals surface area contributed by atoms with Crippen molar-refractivity contribution in [1.82, 2.24) is 5.32 Å². The minimum Gasteiger partial charge on any atom is -0.490 e. The molecule has 19 heavy (non-hydrogen) atoms. The highest BCUT2D eigenvalue weighted by Gasteiger charge is 2.43. The first-order valence-electron chi connectivity index (χ1n) is 6.07. The number of hydrogen-bond acceptors (Lipinski definition) is 3. The van der Waals surface area contributed by atoms with E-state index in [4.69, 9.17) is 10.5 Å². The average Bonchev–Trinajstić information content (AvgIpc) is 2.79. The van der Waals surface area contributed by atoms with Gasteiger partial charge in [0.2, 0.25) is 5.91 Å². The maximum Gasteiger partial charge on any atom is 0.237 e. The lowest BCUT2D eigenvalue weighted by Crippen LogP contribution is -2.52. The number of amides is 1. The van der Waals surface area contributed by atoms with Crippen LogP contribution in [0.1, 0.15) is 19.3 Å². The van der Waals surface area contributed by atoms with Crippen LogP contribution in [0.4, 0.5) is 8.78 Å². The molecule has 1 aromatic carbocycles. The Hall–Kier alpha value is -1.69. The van der Waals surface area contributed by atoms with E-state index in [2.05, 4.69) is 5.32 Å². The van der Waals surface area contributed by atoms with Crippen molar-refractivity contribution in [2.45, 2.75) is 30.9 Å². The molecule has 1 saturated carbocycles. The Kier molecular flexibility index (Phi) is 3.71. The normalized spacial score (nSPS) is 26.4. The van der Waals surface area contributed by atoms with Crippen LogP contribution in [0.3, 0.4) is 0 Å². The van der Waals surface area contributed by atoms with Gasteiger partial charge >= 0.3 is 0 Å². The molecule has 2 atom stereocenters. The SMILES string of the molecule is CNC1(C(N)=O)CCC(Oc2ccc(F)c(F)c2)C1. The van der Waals surface area contributed by atoms with Crippen LogP contribution in [-0.4, -0.2) is 24.6 Å². The number of hydrogen-bond donors (Lipinski definition) is 2. The molecule has 1 aliphatic carbocycles. The monoisotopic (exact) mass is 270 g/mol. The molecule has 1 aliphatic rings. The highest BCUT2D eigenvalue weighted by atomic mass is 19.2. The Labute approximate surface area is 109 Å². The van der Waals surface area contributed by atoms with E-state index in [0.29, 0.717) is 19.3 Å². The molecule has 1 amide bonds. The molecule has 4 nitrogen and oxygen atoms in total. The van der Waals surface area contributed by atoms with Crippen LogP contribution in [0, 0.1) is 11.6 Å². The van der Waals surface area contributed by atoms with Gasteiger partial charge in [-0.3, -0.25) is 4.79 Å². The molecule has 2 unspecified atom stereocenters. The molecular formula is C13H16F2N2O2. The Morgan fingerprint density at radius 2 is 2.21 bits per heavy atom. The van der Waals surface area contributed by atoms with E-state index in [0.717, 1.165) is 12.1 Å². The summed E-state index contributed by atoms with van der Waals surface area (Å²) in [4.78, 5) is 11.4. The minimum absolute atomic E-state index is 0.246. The summed E-state index contributed by atoms with van der Waals surface area (Å²) in [5.74, 6) is -2.04. The fourth-order valence-corrected chi connectivity index (χ4v) is 2.42. The average molecular weight is 270 g/mol. The van der Waals surface area contributed by atoms with Crippen molar-refractivity contribution >= 4 is 5.91 Å². The fourth-order valence-electron chi connectivity index (χ4n) is 2.42. The first-order chi connectivity index (χ1) is 8.97. The topological polar surface area (TPSA) is 64.3 Å². The van der Waals surface area contributed by atoms with E-state index in [1.165, 1.54) is 6.07 Å². The van der Waals surface area contributed by atoms with Crippen molar-refractivity contribution in [3.8, 4) is 5.75 Å². The van der Waals surface area contributed by atoms with Crippen LogP contribution in [0.15, 0.2) is 18.2 Å². The highest BCUT2D eigenvalue weighted by molar-refractivity contribution is 5.85. The Bertz CT molecular complexity index is 496. The summed E-state index contributed by atoms with van der Waals surface area (Å²) in [6.45, 7) is 0. The van der Waals surface area contributed by atoms with Gasteiger partial charge in [0.1, 0.15) is 17.4 Å². The van der Waals surface area contributed by atoms with Crippen molar-refractivity contribution in [3.63, 3.8) is 0 Å². The number of benzene rings is 1. The van der Waals surface area contributed by atoms with Gasteiger partial charge < -0.3 is 15.8 Å². The molecule has 0 aromatic heterocycles. The van der Waals surface area contributed by atoms with E-state index >= 15 is 0 Å². The number of carbonyl (C=O) groups is 1. The molecule has 0 bridgehead atoms. The number of halogens is 2. The van der Waals surface area contributed by atoms with Gasteiger partial charge in [-0.05, 0) is 32.0 Å². The van der Waals surface area contributed by atoms with E-state index in [9.17, 15) is 13.6 Å². The van der Waals surface area contributed by atoms with Crippen molar-refractivity contribution < 1.29 is 18.3 Å². The van der Waals surface area contributed by atoms with Crippen molar-refractivity contribution in [2.24, 2.45) is 5.73 Å². The predicted molar refractivity (Wildman–Crippen MR) is 65.6 cm³/mol. The first-order valence-corrected chi connectivity index (χ1v) is 6.07. The third kappa shape index (κ3) is 2.68. The van der Waals surface area contributed by atoms with Gasteiger partial charge in [-0.1, -0.05) is 0 Å². The van der Waals surface area contributed by atoms with E-state index < -0.39 is 23.1 Å². The standard InChI is InChI=1S/C13H16F2N2O2/c1-17-13(12(16)18)5-4-9(7-13)19-8-2-3-10(14)11(15)6-8/h2-3,6,9,17H,4-5,7H2,1H3,(H2,16,18). The van der Waals surface area contributed by atoms with Crippen molar-refractivity contribution in [2.75, 3.05) is 7.05 Å². The molecule has 0 heterocycles. The van der Waals surface area contributed by atoms with Gasteiger partial charge in [0.05, 0.1) is 0 Å². The maximum absolute atomic E-state index is 13.1. The highest BCUT2D eigenvalue weighted by Crippen LogP contribution is 2.32. The van der Waals surface area contributed by atoms with E-state index in [1.54, 1.807) is 7.05 Å². The van der Waals surface area contributed by atoms with Crippen LogP contribution >= 0.6 is 0 Å². The Balaban J connectivity index is 2.05. The zero-order valence-electron chi connectivity index (χ0n) is 10.6. The van der Waals surface area contributed by atoms with Crippen LogP contribution in [0.2, 0.25) is 0 Å². The number of ether oxygens (including phenoxy) is 1. The molecule has 0 aliphatic heterocycles. The van der Waals surface area contributed by atoms with Crippen molar-refractivity contribution in [1.29, 1.82) is 0 Å². The molecule has 1 aromatic rings. The molecule has 0 spiro atoms. The molecule has 0 saturated heterocycles. The smallest absolute Gasteiger partial charge is 0.237 e. The molecule has 104 valence electrons. The summed E-state index contributed by atoms with van der Waals surface area (Å²) in [5, 5.41) is 2.92. The maximum atomic E-state index is 13.1. The number of nitrogens with one attached hydrogen (secondary N) is 1. The largest absolute Gasteiger partial charge is 0.490 e. The summed E-state index contributed by atoms with van der Waals surface area (Å²) in [5.41, 5.74) is 4.60. The van der Waals surface area contributed by atoms with E-state index in [-0.39, 0.29) is 11.9 Å². The summed E-state index contributed by atoms with van der Waals surface area (Å²) >= 11 is 0. The van der Waals surface area contributed by atoms with Crippen molar-refractivity contribution in [3.05, 3.63) is 29.8 Å². The molecule has 1 fully saturated rings. The second-order valence-electron chi connectivity index (χ2n) is 4.75. The second kappa shape index (κ2) is 5.13. The van der Waals surface area contributed by atoms with Crippen LogP contribution < -0.4 is 15.8 Å². The third-order valence-electron chi connectivity index (χ3n) is 3.61. The lowest BCUT2D eigenvalue weighted by atomic mass is 9.97. The van der Waals surface area contributed by atoms with Gasteiger partial charge in [-0.2, -0.15) is 0 Å². The molecular weight excluding hydrogens is 254 g/mol. The zero-order valence-corrected chi connectivity index (χ0v) is 10.6. The molecule has 3 N–H and O–H groups in total. The predicted octanol–water partition coefficient (Wildman–Crippen LogP) is 1.34. The second-order valence-corrected chi connectivity index (χ2v) is 4.75. The number of primary amides is 1. The lowest BCUT2D eigenvalue weighted by Gasteiger charge is -2.24. The molecule has 6 heteroatoms. The van der Waals surface area contributed by atoms with E-state index in [1.807, 2.05) is 0 Å². The zero-order chi connectivity index (χ0) is 14.0. The molecule has 2 rings (SSSR count). The minimum atomic E-state index is -0.953. The fraction of sp³-hybridized carbons (Fsp3) is 0.462. The number of nitrogens with two attached hydrogens (primary N) is 1. The Morgan fingerprint density at radius 3 is 2.74 bits per heavy atom. The summed E-state index contributed by atoms with van der Waals surface area (Å²) in [7, 11) is 1.67. The van der Waals surface area contributed by atoms with Gasteiger partial charge in [-0.15, -0.1) is 0 Å². The summed E-state index contributed by atoms with van der Waals surface area (Å²) in [6.07, 6.45) is 1.36. The number of carbonyl (C=O) groups excluding carboxylic acids is 1. The summed E-state index contributed by atoms with van der Waals surface area (Å²) in [6, 6.07) is 3.38. The number of rotatable bonds is 4. The summed E-state index contributed by atoms with van der Waals surface area (Å²) < 4.78 is 31.4. The van der Waals surface area contributed by atoms with Gasteiger partial charge in [0, 0.05) is 12.5 Å². The van der Waals surface area contributed by atoms with Crippen LogP contribution in [-0.2, 0) is 4.79 Å². The third-order valence-corrected chi connectivity index (χ3v) is 3.61. The van der Waals surface area contributed by atoms with Gasteiger partial charge in [0.25, 0.3) is 0 Å². The van der Waals surface area contributed by atoms with Gasteiger partial charge in [0.15, 0.2) is 11.6 Å². The number of likely N-dealkylation sites (N-methyl/N-ethyl adjacent to an activating group) is 1. The van der Waals surface area contributed by atoms with Crippen LogP contribution in [0.25, 0.3) is 0 Å². The Morgan fingerprint density at radius 1 is 1.47 bits per heavy atom. The molecule has 0 radical (unpaired) electrons. The quantitative estimate of drug-likeness (QED) is 0.867. The van der Waals surface area contributed by atoms with Gasteiger partial charge in [-0.25, -0.2) is 8.78 Å². The lowest BCUT2D eigenvalue weighted by molar-refractivity contribution is -0.124. The van der Waals surface area contributed by atoms with Crippen LogP contribution in [0.5, 0.6) is 5.75 Å². The first kappa shape index (κ1) is 13.7.